The first-order chi connectivity index (χ1) is 10.6. The van der Waals surface area contributed by atoms with E-state index in [0.29, 0.717) is 6.42 Å². The standard InChI is InChI=1S/C18H28BNO3/c1-13(2)20-16(21)12-9-14-7-10-15(11-8-14)19-22-17(3,4)18(5,6)23-19/h7-8,10-11,13H,9,12H2,1-6H3,(H,20,21). The van der Waals surface area contributed by atoms with Crippen LogP contribution in [0.15, 0.2) is 24.3 Å². The van der Waals surface area contributed by atoms with Crippen LogP contribution in [-0.4, -0.2) is 30.3 Å². The zero-order chi connectivity index (χ0) is 17.3. The summed E-state index contributed by atoms with van der Waals surface area (Å²) in [5, 5.41) is 2.91. The van der Waals surface area contributed by atoms with Crippen LogP contribution in [0.5, 0.6) is 0 Å². The van der Waals surface area contributed by atoms with Crippen LogP contribution in [0, 0.1) is 0 Å². The summed E-state index contributed by atoms with van der Waals surface area (Å²) in [5.41, 5.74) is 1.50. The van der Waals surface area contributed by atoms with E-state index in [0.717, 1.165) is 17.4 Å². The minimum atomic E-state index is -0.335. The fourth-order valence-electron chi connectivity index (χ4n) is 2.47. The average molecular weight is 317 g/mol. The molecule has 0 radical (unpaired) electrons. The van der Waals surface area contributed by atoms with Crippen molar-refractivity contribution < 1.29 is 14.1 Å². The molecular formula is C18H28BNO3. The van der Waals surface area contributed by atoms with Gasteiger partial charge in [0.1, 0.15) is 0 Å². The van der Waals surface area contributed by atoms with Gasteiger partial charge in [0.15, 0.2) is 0 Å². The van der Waals surface area contributed by atoms with E-state index in [-0.39, 0.29) is 30.3 Å². The van der Waals surface area contributed by atoms with Gasteiger partial charge in [-0.3, -0.25) is 4.79 Å². The second kappa shape index (κ2) is 6.66. The summed E-state index contributed by atoms with van der Waals surface area (Å²) in [5.74, 6) is 0.0926. The quantitative estimate of drug-likeness (QED) is 0.849. The van der Waals surface area contributed by atoms with Crippen molar-refractivity contribution in [3.8, 4) is 0 Å². The van der Waals surface area contributed by atoms with E-state index in [1.165, 1.54) is 0 Å². The van der Waals surface area contributed by atoms with Gasteiger partial charge in [0.25, 0.3) is 0 Å². The van der Waals surface area contributed by atoms with Crippen LogP contribution in [0.4, 0.5) is 0 Å². The van der Waals surface area contributed by atoms with Gasteiger partial charge in [0.05, 0.1) is 11.2 Å². The van der Waals surface area contributed by atoms with E-state index in [1.54, 1.807) is 0 Å². The zero-order valence-corrected chi connectivity index (χ0v) is 15.1. The molecule has 0 saturated carbocycles. The maximum Gasteiger partial charge on any atom is 0.494 e. The lowest BCUT2D eigenvalue weighted by Gasteiger charge is -2.32. The highest BCUT2D eigenvalue weighted by Crippen LogP contribution is 2.36. The molecule has 1 N–H and O–H groups in total. The Morgan fingerprint density at radius 3 is 2.09 bits per heavy atom. The Labute approximate surface area is 140 Å². The highest BCUT2D eigenvalue weighted by Gasteiger charge is 2.51. The van der Waals surface area contributed by atoms with E-state index < -0.39 is 0 Å². The average Bonchev–Trinajstić information content (AvgIpc) is 2.65. The molecule has 1 amide bonds. The minimum absolute atomic E-state index is 0.0926. The SMILES string of the molecule is CC(C)NC(=O)CCc1ccc(B2OC(C)(C)C(C)(C)O2)cc1. The van der Waals surface area contributed by atoms with Crippen molar-refractivity contribution in [2.24, 2.45) is 0 Å². The molecule has 1 saturated heterocycles. The molecule has 23 heavy (non-hydrogen) atoms. The van der Waals surface area contributed by atoms with Crippen molar-refractivity contribution in [2.75, 3.05) is 0 Å². The van der Waals surface area contributed by atoms with Gasteiger partial charge in [-0.1, -0.05) is 24.3 Å². The van der Waals surface area contributed by atoms with E-state index >= 15 is 0 Å². The van der Waals surface area contributed by atoms with Gasteiger partial charge >= 0.3 is 7.12 Å². The van der Waals surface area contributed by atoms with Crippen molar-refractivity contribution in [3.05, 3.63) is 29.8 Å². The molecule has 1 aliphatic rings. The van der Waals surface area contributed by atoms with E-state index in [4.69, 9.17) is 9.31 Å². The summed E-state index contributed by atoms with van der Waals surface area (Å²) < 4.78 is 12.1. The van der Waals surface area contributed by atoms with Gasteiger partial charge in [-0.2, -0.15) is 0 Å². The van der Waals surface area contributed by atoms with Crippen LogP contribution in [0.1, 0.15) is 53.5 Å². The van der Waals surface area contributed by atoms with Crippen molar-refractivity contribution in [1.82, 2.24) is 5.32 Å². The molecule has 4 nitrogen and oxygen atoms in total. The maximum atomic E-state index is 11.7. The first-order valence-corrected chi connectivity index (χ1v) is 8.34. The number of nitrogens with one attached hydrogen (secondary N) is 1. The molecule has 5 heteroatoms. The van der Waals surface area contributed by atoms with Gasteiger partial charge in [-0.25, -0.2) is 0 Å². The molecule has 1 aromatic carbocycles. The summed E-state index contributed by atoms with van der Waals surface area (Å²) in [6.07, 6.45) is 1.25. The molecule has 1 heterocycles. The molecule has 126 valence electrons. The monoisotopic (exact) mass is 317 g/mol. The second-order valence-electron chi connectivity index (χ2n) is 7.55. The largest absolute Gasteiger partial charge is 0.494 e. The second-order valence-corrected chi connectivity index (χ2v) is 7.55. The van der Waals surface area contributed by atoms with Gasteiger partial charge in [0.2, 0.25) is 5.91 Å². The number of amides is 1. The third-order valence-electron chi connectivity index (χ3n) is 4.60. The first kappa shape index (κ1) is 18.0. The van der Waals surface area contributed by atoms with Gasteiger partial charge in [0, 0.05) is 12.5 Å². The number of carbonyl (C=O) groups excluding carboxylic acids is 1. The zero-order valence-electron chi connectivity index (χ0n) is 15.1. The summed E-state index contributed by atoms with van der Waals surface area (Å²) in [6, 6.07) is 8.33. The lowest BCUT2D eigenvalue weighted by atomic mass is 9.78. The topological polar surface area (TPSA) is 47.6 Å². The number of carbonyl (C=O) groups is 1. The van der Waals surface area contributed by atoms with E-state index in [1.807, 2.05) is 38.1 Å². The Morgan fingerprint density at radius 2 is 1.61 bits per heavy atom. The van der Waals surface area contributed by atoms with Gasteiger partial charge < -0.3 is 14.6 Å². The van der Waals surface area contributed by atoms with Crippen molar-refractivity contribution >= 4 is 18.5 Å². The smallest absolute Gasteiger partial charge is 0.399 e. The van der Waals surface area contributed by atoms with Crippen LogP contribution in [0.3, 0.4) is 0 Å². The van der Waals surface area contributed by atoms with Crippen LogP contribution in [-0.2, 0) is 20.5 Å². The molecule has 0 aliphatic carbocycles. The van der Waals surface area contributed by atoms with E-state index in [2.05, 4.69) is 33.0 Å². The van der Waals surface area contributed by atoms with Gasteiger partial charge in [-0.15, -0.1) is 0 Å². The van der Waals surface area contributed by atoms with E-state index in [9.17, 15) is 4.79 Å². The van der Waals surface area contributed by atoms with Crippen molar-refractivity contribution in [3.63, 3.8) is 0 Å². The molecular weight excluding hydrogens is 289 g/mol. The molecule has 0 bridgehead atoms. The Balaban J connectivity index is 1.94. The van der Waals surface area contributed by atoms with Crippen molar-refractivity contribution in [2.45, 2.75) is 71.6 Å². The molecule has 1 fully saturated rings. The molecule has 0 atom stereocenters. The Hall–Kier alpha value is -1.33. The normalized spacial score (nSPS) is 19.2. The fourth-order valence-corrected chi connectivity index (χ4v) is 2.47. The predicted molar refractivity (Wildman–Crippen MR) is 93.8 cm³/mol. The predicted octanol–water partition coefficient (Wildman–Crippen LogP) is 2.44. The third-order valence-corrected chi connectivity index (χ3v) is 4.60. The molecule has 0 aromatic heterocycles. The minimum Gasteiger partial charge on any atom is -0.399 e. The van der Waals surface area contributed by atoms with Crippen LogP contribution >= 0.6 is 0 Å². The summed E-state index contributed by atoms with van der Waals surface area (Å²) in [7, 11) is -0.335. The fraction of sp³-hybridized carbons (Fsp3) is 0.611. The lowest BCUT2D eigenvalue weighted by molar-refractivity contribution is -0.121. The van der Waals surface area contributed by atoms with Crippen molar-refractivity contribution in [1.29, 1.82) is 0 Å². The summed E-state index contributed by atoms with van der Waals surface area (Å²) in [4.78, 5) is 11.7. The Kier molecular flexibility index (Phi) is 5.22. The molecule has 1 aromatic rings. The number of benzene rings is 1. The summed E-state index contributed by atoms with van der Waals surface area (Å²) >= 11 is 0. The number of hydrogen-bond donors (Lipinski definition) is 1. The molecule has 1 aliphatic heterocycles. The lowest BCUT2D eigenvalue weighted by Crippen LogP contribution is -2.41. The van der Waals surface area contributed by atoms with Gasteiger partial charge in [-0.05, 0) is 59.0 Å². The molecule has 2 rings (SSSR count). The van der Waals surface area contributed by atoms with Crippen LogP contribution in [0.25, 0.3) is 0 Å². The Bertz CT molecular complexity index is 536. The first-order valence-electron chi connectivity index (χ1n) is 8.34. The number of aryl methyl sites for hydroxylation is 1. The molecule has 0 unspecified atom stereocenters. The highest BCUT2D eigenvalue weighted by atomic mass is 16.7. The Morgan fingerprint density at radius 1 is 1.09 bits per heavy atom. The van der Waals surface area contributed by atoms with Crippen LogP contribution in [0.2, 0.25) is 0 Å². The maximum absolute atomic E-state index is 11.7. The number of rotatable bonds is 5. The van der Waals surface area contributed by atoms with Crippen LogP contribution < -0.4 is 10.8 Å². The molecule has 0 spiro atoms. The third kappa shape index (κ3) is 4.36. The number of hydrogen-bond acceptors (Lipinski definition) is 3. The summed E-state index contributed by atoms with van der Waals surface area (Å²) in [6.45, 7) is 12.1. The highest BCUT2D eigenvalue weighted by molar-refractivity contribution is 6.62.